The number of anilines is 1. The summed E-state index contributed by atoms with van der Waals surface area (Å²) in [6, 6.07) is 10.6. The molecule has 1 aliphatic rings. The standard InChI is InChI=1S/C17H21ClN2/c1-12(2)14-7-8-20(11-14)17-16-6-4-3-5-13(16)9-15(10-18)19-17/h3-6,9,12,14H,7-8,10-11H2,1-2H3. The van der Waals surface area contributed by atoms with Gasteiger partial charge in [-0.05, 0) is 29.7 Å². The minimum Gasteiger partial charge on any atom is -0.356 e. The Balaban J connectivity index is 2.02. The molecule has 1 aromatic heterocycles. The summed E-state index contributed by atoms with van der Waals surface area (Å²) in [5, 5.41) is 2.48. The van der Waals surface area contributed by atoms with Crippen LogP contribution in [0.15, 0.2) is 30.3 Å². The molecule has 1 fully saturated rings. The normalized spacial score (nSPS) is 19.2. The third-order valence-corrected chi connectivity index (χ3v) is 4.65. The highest BCUT2D eigenvalue weighted by atomic mass is 35.5. The molecule has 0 aliphatic carbocycles. The van der Waals surface area contributed by atoms with Crippen molar-refractivity contribution in [2.24, 2.45) is 11.8 Å². The van der Waals surface area contributed by atoms with Crippen molar-refractivity contribution < 1.29 is 0 Å². The second-order valence-corrected chi connectivity index (χ2v) is 6.30. The van der Waals surface area contributed by atoms with Crippen molar-refractivity contribution in [1.82, 2.24) is 4.98 Å². The highest BCUT2D eigenvalue weighted by Gasteiger charge is 2.26. The van der Waals surface area contributed by atoms with E-state index in [2.05, 4.69) is 49.1 Å². The van der Waals surface area contributed by atoms with Gasteiger partial charge in [-0.3, -0.25) is 0 Å². The Morgan fingerprint density at radius 1 is 1.35 bits per heavy atom. The number of nitrogens with zero attached hydrogens (tertiary/aromatic N) is 2. The number of hydrogen-bond acceptors (Lipinski definition) is 2. The van der Waals surface area contributed by atoms with Crippen LogP contribution in [0.4, 0.5) is 5.82 Å². The molecule has 1 aromatic carbocycles. The molecule has 2 nitrogen and oxygen atoms in total. The quantitative estimate of drug-likeness (QED) is 0.776. The van der Waals surface area contributed by atoms with Crippen molar-refractivity contribution in [3.05, 3.63) is 36.0 Å². The number of halogens is 1. The Morgan fingerprint density at radius 2 is 2.15 bits per heavy atom. The van der Waals surface area contributed by atoms with Crippen molar-refractivity contribution in [3.8, 4) is 0 Å². The van der Waals surface area contributed by atoms with E-state index >= 15 is 0 Å². The van der Waals surface area contributed by atoms with Crippen LogP contribution in [-0.4, -0.2) is 18.1 Å². The van der Waals surface area contributed by atoms with Gasteiger partial charge in [-0.2, -0.15) is 0 Å². The summed E-state index contributed by atoms with van der Waals surface area (Å²) in [5.74, 6) is 3.10. The summed E-state index contributed by atoms with van der Waals surface area (Å²) in [7, 11) is 0. The molecule has 0 spiro atoms. The van der Waals surface area contributed by atoms with Gasteiger partial charge < -0.3 is 4.90 Å². The Bertz CT molecular complexity index is 609. The number of fused-ring (bicyclic) bond motifs is 1. The first-order chi connectivity index (χ1) is 9.69. The lowest BCUT2D eigenvalue weighted by Gasteiger charge is -2.21. The summed E-state index contributed by atoms with van der Waals surface area (Å²) in [4.78, 5) is 7.22. The third kappa shape index (κ3) is 2.49. The maximum atomic E-state index is 6.00. The molecule has 2 heterocycles. The molecule has 0 N–H and O–H groups in total. The predicted molar refractivity (Wildman–Crippen MR) is 86.5 cm³/mol. The molecule has 1 saturated heterocycles. The van der Waals surface area contributed by atoms with Gasteiger partial charge in [-0.1, -0.05) is 38.1 Å². The molecule has 3 heteroatoms. The first-order valence-corrected chi connectivity index (χ1v) is 7.92. The summed E-state index contributed by atoms with van der Waals surface area (Å²) in [5.41, 5.74) is 0.966. The lowest BCUT2D eigenvalue weighted by molar-refractivity contribution is 0.422. The van der Waals surface area contributed by atoms with Crippen LogP contribution in [0.1, 0.15) is 26.0 Å². The van der Waals surface area contributed by atoms with Crippen LogP contribution >= 0.6 is 11.6 Å². The maximum absolute atomic E-state index is 6.00. The molecule has 1 aliphatic heterocycles. The van der Waals surface area contributed by atoms with Crippen LogP contribution < -0.4 is 4.90 Å². The fraction of sp³-hybridized carbons (Fsp3) is 0.471. The summed E-state index contributed by atoms with van der Waals surface area (Å²) >= 11 is 6.00. The van der Waals surface area contributed by atoms with Crippen molar-refractivity contribution in [1.29, 1.82) is 0 Å². The minimum atomic E-state index is 0.472. The first kappa shape index (κ1) is 13.7. The lowest BCUT2D eigenvalue weighted by atomic mass is 9.95. The van der Waals surface area contributed by atoms with Gasteiger partial charge in [0, 0.05) is 18.5 Å². The topological polar surface area (TPSA) is 16.1 Å². The molecule has 0 radical (unpaired) electrons. The van der Waals surface area contributed by atoms with E-state index in [1.54, 1.807) is 0 Å². The Kier molecular flexibility index (Phi) is 3.84. The summed E-state index contributed by atoms with van der Waals surface area (Å²) < 4.78 is 0. The van der Waals surface area contributed by atoms with Crippen LogP contribution in [-0.2, 0) is 5.88 Å². The van der Waals surface area contributed by atoms with Gasteiger partial charge in [-0.25, -0.2) is 4.98 Å². The molecule has 3 rings (SSSR count). The predicted octanol–water partition coefficient (Wildman–Crippen LogP) is 4.46. The molecule has 1 unspecified atom stereocenters. The molecular weight excluding hydrogens is 268 g/mol. The molecule has 0 bridgehead atoms. The number of hydrogen-bond donors (Lipinski definition) is 0. The Morgan fingerprint density at radius 3 is 2.85 bits per heavy atom. The third-order valence-electron chi connectivity index (χ3n) is 4.38. The second kappa shape index (κ2) is 5.61. The zero-order valence-electron chi connectivity index (χ0n) is 12.1. The van der Waals surface area contributed by atoms with Gasteiger partial charge in [-0.15, -0.1) is 11.6 Å². The van der Waals surface area contributed by atoms with Crippen LogP contribution in [0.5, 0.6) is 0 Å². The van der Waals surface area contributed by atoms with E-state index in [1.165, 1.54) is 17.2 Å². The first-order valence-electron chi connectivity index (χ1n) is 7.38. The van der Waals surface area contributed by atoms with Gasteiger partial charge in [0.25, 0.3) is 0 Å². The van der Waals surface area contributed by atoms with Gasteiger partial charge in [0.1, 0.15) is 5.82 Å². The smallest absolute Gasteiger partial charge is 0.136 e. The highest BCUT2D eigenvalue weighted by Crippen LogP contribution is 2.32. The molecule has 1 atom stereocenters. The minimum absolute atomic E-state index is 0.472. The van der Waals surface area contributed by atoms with E-state index in [-0.39, 0.29) is 0 Å². The largest absolute Gasteiger partial charge is 0.356 e. The van der Waals surface area contributed by atoms with E-state index in [9.17, 15) is 0 Å². The summed E-state index contributed by atoms with van der Waals surface area (Å²) in [6.45, 7) is 6.84. The molecule has 20 heavy (non-hydrogen) atoms. The number of pyridine rings is 1. The van der Waals surface area contributed by atoms with E-state index in [0.29, 0.717) is 5.88 Å². The number of alkyl halides is 1. The SMILES string of the molecule is CC(C)C1CCN(c2nc(CCl)cc3ccccc23)C1. The van der Waals surface area contributed by atoms with Crippen LogP contribution in [0.2, 0.25) is 0 Å². The average Bonchev–Trinajstić information content (AvgIpc) is 2.96. The Hall–Kier alpha value is -1.28. The number of rotatable bonds is 3. The zero-order chi connectivity index (χ0) is 14.1. The molecular formula is C17H21ClN2. The van der Waals surface area contributed by atoms with Gasteiger partial charge in [0.2, 0.25) is 0 Å². The van der Waals surface area contributed by atoms with E-state index in [0.717, 1.165) is 36.4 Å². The number of benzene rings is 1. The van der Waals surface area contributed by atoms with E-state index in [1.807, 2.05) is 0 Å². The maximum Gasteiger partial charge on any atom is 0.136 e. The molecule has 106 valence electrons. The van der Waals surface area contributed by atoms with Crippen molar-refractivity contribution in [2.75, 3.05) is 18.0 Å². The molecule has 2 aromatic rings. The van der Waals surface area contributed by atoms with Gasteiger partial charge in [0.15, 0.2) is 0 Å². The fourth-order valence-electron chi connectivity index (χ4n) is 3.07. The Labute approximate surface area is 125 Å². The molecule has 0 amide bonds. The van der Waals surface area contributed by atoms with Gasteiger partial charge in [0.05, 0.1) is 11.6 Å². The van der Waals surface area contributed by atoms with Crippen molar-refractivity contribution >= 4 is 28.2 Å². The van der Waals surface area contributed by atoms with Crippen molar-refractivity contribution in [3.63, 3.8) is 0 Å². The van der Waals surface area contributed by atoms with Crippen LogP contribution in [0.3, 0.4) is 0 Å². The van der Waals surface area contributed by atoms with Crippen LogP contribution in [0, 0.1) is 11.8 Å². The lowest BCUT2D eigenvalue weighted by Crippen LogP contribution is -2.22. The molecule has 0 saturated carbocycles. The van der Waals surface area contributed by atoms with Crippen LogP contribution in [0.25, 0.3) is 10.8 Å². The van der Waals surface area contributed by atoms with E-state index in [4.69, 9.17) is 16.6 Å². The summed E-state index contributed by atoms with van der Waals surface area (Å²) in [6.07, 6.45) is 1.26. The van der Waals surface area contributed by atoms with Crippen molar-refractivity contribution in [2.45, 2.75) is 26.1 Å². The van der Waals surface area contributed by atoms with Gasteiger partial charge >= 0.3 is 0 Å². The zero-order valence-corrected chi connectivity index (χ0v) is 12.9. The van der Waals surface area contributed by atoms with E-state index < -0.39 is 0 Å². The second-order valence-electron chi connectivity index (χ2n) is 6.03. The fourth-order valence-corrected chi connectivity index (χ4v) is 3.20. The monoisotopic (exact) mass is 288 g/mol. The average molecular weight is 289 g/mol. The number of aromatic nitrogens is 1. The highest BCUT2D eigenvalue weighted by molar-refractivity contribution is 6.17.